The summed E-state index contributed by atoms with van der Waals surface area (Å²) in [6.07, 6.45) is 7.37. The average Bonchev–Trinajstić information content (AvgIpc) is 3.15. The molecule has 0 unspecified atom stereocenters. The molecule has 0 atom stereocenters. The van der Waals surface area contributed by atoms with Crippen LogP contribution in [0.4, 0.5) is 10.1 Å². The van der Waals surface area contributed by atoms with Gasteiger partial charge in [-0.25, -0.2) is 17.5 Å². The lowest BCUT2D eigenvalue weighted by Crippen LogP contribution is -2.41. The molecule has 1 aromatic carbocycles. The molecule has 1 saturated carbocycles. The van der Waals surface area contributed by atoms with Gasteiger partial charge in [0.25, 0.3) is 0 Å². The minimum atomic E-state index is -3.21. The highest BCUT2D eigenvalue weighted by atomic mass is 32.2. The van der Waals surface area contributed by atoms with Crippen LogP contribution in [0.3, 0.4) is 0 Å². The molecule has 0 amide bonds. The third kappa shape index (κ3) is 5.32. The van der Waals surface area contributed by atoms with Crippen LogP contribution < -0.4 is 10.0 Å². The van der Waals surface area contributed by atoms with Crippen LogP contribution in [0.2, 0.25) is 0 Å². The number of aromatic nitrogens is 1. The van der Waals surface area contributed by atoms with Gasteiger partial charge in [0.05, 0.1) is 5.25 Å². The van der Waals surface area contributed by atoms with Crippen molar-refractivity contribution in [3.63, 3.8) is 0 Å². The van der Waals surface area contributed by atoms with Gasteiger partial charge in [0.2, 0.25) is 10.0 Å². The van der Waals surface area contributed by atoms with E-state index in [0.29, 0.717) is 5.92 Å². The summed E-state index contributed by atoms with van der Waals surface area (Å²) < 4.78 is 42.6. The number of benzene rings is 1. The molecule has 0 spiro atoms. The molecule has 1 aliphatic rings. The molecule has 3 rings (SSSR count). The number of hydrogen-bond donors (Lipinski definition) is 2. The topological polar surface area (TPSA) is 63.1 Å². The zero-order chi connectivity index (χ0) is 19.4. The molecule has 2 aromatic rings. The minimum absolute atomic E-state index is 0.0307. The second-order valence-corrected chi connectivity index (χ2v) is 9.87. The van der Waals surface area contributed by atoms with Crippen LogP contribution in [0.5, 0.6) is 0 Å². The molecule has 1 aliphatic carbocycles. The summed E-state index contributed by atoms with van der Waals surface area (Å²) in [5.74, 6) is 0.193. The normalized spacial score (nSPS) is 20.7. The van der Waals surface area contributed by atoms with Crippen molar-refractivity contribution in [1.29, 1.82) is 0 Å². The van der Waals surface area contributed by atoms with Crippen molar-refractivity contribution in [2.45, 2.75) is 50.8 Å². The summed E-state index contributed by atoms with van der Waals surface area (Å²) in [7, 11) is -3.21. The largest absolute Gasteiger partial charge is 0.385 e. The molecular weight excluding hydrogens is 365 g/mol. The number of anilines is 1. The van der Waals surface area contributed by atoms with E-state index < -0.39 is 15.3 Å². The van der Waals surface area contributed by atoms with E-state index in [4.69, 9.17) is 0 Å². The summed E-state index contributed by atoms with van der Waals surface area (Å²) in [4.78, 5) is 0. The minimum Gasteiger partial charge on any atom is -0.385 e. The first kappa shape index (κ1) is 19.9. The smallest absolute Gasteiger partial charge is 0.214 e. The third-order valence-electron chi connectivity index (χ3n) is 5.18. The first-order chi connectivity index (χ1) is 12.8. The predicted octanol–water partition coefficient (Wildman–Crippen LogP) is 3.91. The van der Waals surface area contributed by atoms with Gasteiger partial charge in [-0.05, 0) is 75.8 Å². The number of sulfonamides is 1. The Balaban J connectivity index is 1.52. The quantitative estimate of drug-likeness (QED) is 0.750. The van der Waals surface area contributed by atoms with Gasteiger partial charge in [-0.15, -0.1) is 0 Å². The first-order valence-electron chi connectivity index (χ1n) is 9.52. The van der Waals surface area contributed by atoms with Crippen LogP contribution in [-0.4, -0.2) is 30.8 Å². The molecule has 27 heavy (non-hydrogen) atoms. The molecule has 148 valence electrons. The Morgan fingerprint density at radius 2 is 1.78 bits per heavy atom. The van der Waals surface area contributed by atoms with Crippen molar-refractivity contribution < 1.29 is 12.8 Å². The van der Waals surface area contributed by atoms with E-state index in [0.717, 1.165) is 43.6 Å². The summed E-state index contributed by atoms with van der Waals surface area (Å²) in [5, 5.41) is 2.94. The van der Waals surface area contributed by atoms with Gasteiger partial charge in [0.15, 0.2) is 0 Å². The van der Waals surface area contributed by atoms with E-state index in [-0.39, 0.29) is 11.9 Å². The van der Waals surface area contributed by atoms with Crippen molar-refractivity contribution in [3.8, 4) is 5.69 Å². The van der Waals surface area contributed by atoms with Crippen molar-refractivity contribution in [3.05, 3.63) is 48.5 Å². The highest BCUT2D eigenvalue weighted by Gasteiger charge is 2.26. The Hall–Kier alpha value is -1.86. The van der Waals surface area contributed by atoms with Crippen LogP contribution in [0.25, 0.3) is 5.69 Å². The molecule has 5 nitrogen and oxygen atoms in total. The maximum absolute atomic E-state index is 13.9. The lowest BCUT2D eigenvalue weighted by atomic mass is 9.86. The number of nitrogens with one attached hydrogen (secondary N) is 2. The zero-order valence-corrected chi connectivity index (χ0v) is 16.7. The van der Waals surface area contributed by atoms with E-state index >= 15 is 0 Å². The van der Waals surface area contributed by atoms with E-state index in [1.54, 1.807) is 13.8 Å². The fraction of sp³-hybridized carbons (Fsp3) is 0.500. The Bertz CT molecular complexity index is 842. The van der Waals surface area contributed by atoms with E-state index in [1.807, 2.05) is 35.2 Å². The van der Waals surface area contributed by atoms with E-state index in [2.05, 4.69) is 10.0 Å². The Morgan fingerprint density at radius 3 is 2.41 bits per heavy atom. The lowest BCUT2D eigenvalue weighted by molar-refractivity contribution is 0.323. The highest BCUT2D eigenvalue weighted by Crippen LogP contribution is 2.26. The molecule has 1 fully saturated rings. The molecule has 0 bridgehead atoms. The highest BCUT2D eigenvalue weighted by molar-refractivity contribution is 7.90. The monoisotopic (exact) mass is 393 g/mol. The maximum atomic E-state index is 13.9. The Labute approximate surface area is 161 Å². The Kier molecular flexibility index (Phi) is 6.22. The number of rotatable bonds is 7. The summed E-state index contributed by atoms with van der Waals surface area (Å²) in [6, 6.07) is 8.80. The molecular formula is C20H28FN3O2S. The molecule has 0 aliphatic heterocycles. The molecule has 0 radical (unpaired) electrons. The van der Waals surface area contributed by atoms with Crippen LogP contribution in [0, 0.1) is 11.7 Å². The SMILES string of the molecule is CC(C)S(=O)(=O)NC1CCC(CNc2cc(F)cc(-n3cccc3)c2)CC1. The summed E-state index contributed by atoms with van der Waals surface area (Å²) in [5.41, 5.74) is 1.55. The van der Waals surface area contributed by atoms with Gasteiger partial charge in [-0.3, -0.25) is 0 Å². The number of halogens is 1. The van der Waals surface area contributed by atoms with Gasteiger partial charge in [-0.1, -0.05) is 0 Å². The predicted molar refractivity (Wildman–Crippen MR) is 107 cm³/mol. The summed E-state index contributed by atoms with van der Waals surface area (Å²) in [6.45, 7) is 4.15. The first-order valence-corrected chi connectivity index (χ1v) is 11.1. The molecule has 7 heteroatoms. The zero-order valence-electron chi connectivity index (χ0n) is 15.9. The number of nitrogens with zero attached hydrogens (tertiary/aromatic N) is 1. The third-order valence-corrected chi connectivity index (χ3v) is 7.08. The van der Waals surface area contributed by atoms with Crippen molar-refractivity contribution in [2.75, 3.05) is 11.9 Å². The maximum Gasteiger partial charge on any atom is 0.214 e. The van der Waals surface area contributed by atoms with Gasteiger partial charge >= 0.3 is 0 Å². The van der Waals surface area contributed by atoms with Crippen molar-refractivity contribution >= 4 is 15.7 Å². The van der Waals surface area contributed by atoms with Crippen LogP contribution in [0.15, 0.2) is 42.7 Å². The van der Waals surface area contributed by atoms with E-state index in [1.165, 1.54) is 12.1 Å². The van der Waals surface area contributed by atoms with Gasteiger partial charge in [0.1, 0.15) is 5.82 Å². The fourth-order valence-corrected chi connectivity index (χ4v) is 4.42. The number of hydrogen-bond acceptors (Lipinski definition) is 3. The van der Waals surface area contributed by atoms with Gasteiger partial charge < -0.3 is 9.88 Å². The van der Waals surface area contributed by atoms with Gasteiger partial charge in [-0.2, -0.15) is 0 Å². The van der Waals surface area contributed by atoms with Crippen molar-refractivity contribution in [1.82, 2.24) is 9.29 Å². The second-order valence-electron chi connectivity index (χ2n) is 7.60. The molecule has 1 heterocycles. The standard InChI is InChI=1S/C20H28FN3O2S/c1-15(2)27(25,26)23-18-7-5-16(6-8-18)14-22-19-11-17(21)12-20(13-19)24-9-3-4-10-24/h3-4,9-13,15-16,18,22-23H,5-8,14H2,1-2H3. The summed E-state index contributed by atoms with van der Waals surface area (Å²) >= 11 is 0. The fourth-order valence-electron chi connectivity index (χ4n) is 3.45. The second kappa shape index (κ2) is 8.44. The van der Waals surface area contributed by atoms with E-state index in [9.17, 15) is 12.8 Å². The van der Waals surface area contributed by atoms with Crippen LogP contribution in [0.1, 0.15) is 39.5 Å². The Morgan fingerprint density at radius 1 is 1.11 bits per heavy atom. The van der Waals surface area contributed by atoms with Gasteiger partial charge in [0, 0.05) is 36.4 Å². The molecule has 0 saturated heterocycles. The lowest BCUT2D eigenvalue weighted by Gasteiger charge is -2.29. The van der Waals surface area contributed by atoms with Crippen LogP contribution >= 0.6 is 0 Å². The average molecular weight is 394 g/mol. The van der Waals surface area contributed by atoms with Crippen molar-refractivity contribution in [2.24, 2.45) is 5.92 Å². The molecule has 2 N–H and O–H groups in total. The molecule has 1 aromatic heterocycles. The van der Waals surface area contributed by atoms with Crippen LogP contribution in [-0.2, 0) is 10.0 Å².